The van der Waals surface area contributed by atoms with Crippen molar-refractivity contribution in [3.05, 3.63) is 4.91 Å². The van der Waals surface area contributed by atoms with Gasteiger partial charge in [-0.25, -0.2) is 0 Å². The Balaban J connectivity index is 3.04. The van der Waals surface area contributed by atoms with Gasteiger partial charge in [-0.15, -0.1) is 0 Å². The fraction of sp³-hybridized carbons (Fsp3) is 1.00. The topological polar surface area (TPSA) is 29.4 Å². The molecule has 0 aromatic heterocycles. The first-order valence-corrected chi connectivity index (χ1v) is 4.10. The predicted molar refractivity (Wildman–Crippen MR) is 44.0 cm³/mol. The molecule has 0 aliphatic carbocycles. The third kappa shape index (κ3) is 5.73. The number of nitroso groups, excluding NO2 is 1. The van der Waals surface area contributed by atoms with E-state index in [0.29, 0.717) is 12.5 Å². The Kier molecular flexibility index (Phi) is 6.45. The average molecular weight is 143 g/mol. The molecule has 0 aliphatic rings. The number of hydrogen-bond donors (Lipinski definition) is 0. The van der Waals surface area contributed by atoms with Gasteiger partial charge in [0, 0.05) is 0 Å². The van der Waals surface area contributed by atoms with E-state index in [1.54, 1.807) is 0 Å². The highest BCUT2D eigenvalue weighted by atomic mass is 16.3. The molecule has 0 fully saturated rings. The molecule has 0 rings (SSSR count). The van der Waals surface area contributed by atoms with E-state index in [2.05, 4.69) is 19.0 Å². The maximum atomic E-state index is 9.80. The van der Waals surface area contributed by atoms with Crippen molar-refractivity contribution in [2.75, 3.05) is 6.54 Å². The zero-order chi connectivity index (χ0) is 7.82. The fourth-order valence-electron chi connectivity index (χ4n) is 0.961. The zero-order valence-corrected chi connectivity index (χ0v) is 6.97. The molecule has 0 N–H and O–H groups in total. The van der Waals surface area contributed by atoms with Gasteiger partial charge in [0.25, 0.3) is 0 Å². The lowest BCUT2D eigenvalue weighted by molar-refractivity contribution is 0.504. The minimum absolute atomic E-state index is 0.490. The van der Waals surface area contributed by atoms with Crippen molar-refractivity contribution >= 4 is 0 Å². The van der Waals surface area contributed by atoms with Crippen LogP contribution < -0.4 is 0 Å². The zero-order valence-electron chi connectivity index (χ0n) is 6.97. The van der Waals surface area contributed by atoms with Crippen LogP contribution in [0.25, 0.3) is 0 Å². The van der Waals surface area contributed by atoms with Crippen molar-refractivity contribution in [2.45, 2.75) is 39.5 Å². The lowest BCUT2D eigenvalue weighted by Gasteiger charge is -2.04. The summed E-state index contributed by atoms with van der Waals surface area (Å²) < 4.78 is 0. The Labute approximate surface area is 63.0 Å². The van der Waals surface area contributed by atoms with Gasteiger partial charge in [0.1, 0.15) is 0 Å². The van der Waals surface area contributed by atoms with E-state index in [-0.39, 0.29) is 0 Å². The Morgan fingerprint density at radius 3 is 2.60 bits per heavy atom. The van der Waals surface area contributed by atoms with Crippen LogP contribution in [0.5, 0.6) is 0 Å². The number of unbranched alkanes of at least 4 members (excludes halogenated alkanes) is 2. The second kappa shape index (κ2) is 6.72. The van der Waals surface area contributed by atoms with Crippen LogP contribution in [0.4, 0.5) is 0 Å². The van der Waals surface area contributed by atoms with Gasteiger partial charge in [-0.3, -0.25) is 0 Å². The Morgan fingerprint density at radius 1 is 1.40 bits per heavy atom. The minimum atomic E-state index is 0.490. The van der Waals surface area contributed by atoms with Crippen LogP contribution in [0.15, 0.2) is 5.18 Å². The molecule has 0 saturated heterocycles. The third-order valence-corrected chi connectivity index (χ3v) is 1.69. The van der Waals surface area contributed by atoms with Gasteiger partial charge in [-0.05, 0) is 12.3 Å². The van der Waals surface area contributed by atoms with E-state index in [1.807, 2.05) is 0 Å². The van der Waals surface area contributed by atoms with E-state index in [1.165, 1.54) is 19.3 Å². The molecule has 0 aromatic rings. The normalized spacial score (nSPS) is 13.0. The first-order chi connectivity index (χ1) is 4.81. The van der Waals surface area contributed by atoms with Crippen LogP contribution in [0.2, 0.25) is 0 Å². The molecule has 0 radical (unpaired) electrons. The molecule has 1 atom stereocenters. The van der Waals surface area contributed by atoms with Gasteiger partial charge in [-0.1, -0.05) is 38.3 Å². The van der Waals surface area contributed by atoms with Gasteiger partial charge in [0.2, 0.25) is 0 Å². The molecule has 10 heavy (non-hydrogen) atoms. The molecule has 0 aliphatic heterocycles. The van der Waals surface area contributed by atoms with Gasteiger partial charge in [-0.2, -0.15) is 4.91 Å². The van der Waals surface area contributed by atoms with Crippen molar-refractivity contribution in [3.63, 3.8) is 0 Å². The van der Waals surface area contributed by atoms with Crippen LogP contribution in [-0.2, 0) is 0 Å². The quantitative estimate of drug-likeness (QED) is 0.415. The SMILES string of the molecule is CCCCC[C@H](C)CN=O. The van der Waals surface area contributed by atoms with E-state index < -0.39 is 0 Å². The molecule has 2 nitrogen and oxygen atoms in total. The monoisotopic (exact) mass is 143 g/mol. The highest BCUT2D eigenvalue weighted by Crippen LogP contribution is 2.08. The molecule has 0 amide bonds. The van der Waals surface area contributed by atoms with Crippen molar-refractivity contribution in [2.24, 2.45) is 11.1 Å². The highest BCUT2D eigenvalue weighted by Gasteiger charge is 1.99. The highest BCUT2D eigenvalue weighted by molar-refractivity contribution is 4.55. The lowest BCUT2D eigenvalue weighted by atomic mass is 10.0. The summed E-state index contributed by atoms with van der Waals surface area (Å²) in [5, 5.41) is 2.86. The summed E-state index contributed by atoms with van der Waals surface area (Å²) in [7, 11) is 0. The Morgan fingerprint density at radius 2 is 2.10 bits per heavy atom. The number of hydrogen-bond acceptors (Lipinski definition) is 2. The summed E-state index contributed by atoms with van der Waals surface area (Å²) in [6.07, 6.45) is 4.93. The molecule has 60 valence electrons. The third-order valence-electron chi connectivity index (χ3n) is 1.69. The Bertz CT molecular complexity index is 83.3. The first kappa shape index (κ1) is 9.60. The smallest absolute Gasteiger partial charge is 0.0836 e. The molecule has 0 aromatic carbocycles. The van der Waals surface area contributed by atoms with Crippen molar-refractivity contribution in [1.82, 2.24) is 0 Å². The molecule has 0 spiro atoms. The molecular formula is C8H17NO. The van der Waals surface area contributed by atoms with Gasteiger partial charge in [0.05, 0.1) is 6.54 Å². The van der Waals surface area contributed by atoms with Crippen LogP contribution in [0, 0.1) is 10.8 Å². The van der Waals surface area contributed by atoms with Crippen LogP contribution in [0.3, 0.4) is 0 Å². The van der Waals surface area contributed by atoms with E-state index >= 15 is 0 Å². The average Bonchev–Trinajstić information content (AvgIpc) is 1.89. The molecule has 0 saturated carbocycles. The molecular weight excluding hydrogens is 126 g/mol. The van der Waals surface area contributed by atoms with E-state index in [9.17, 15) is 4.91 Å². The second-order valence-electron chi connectivity index (χ2n) is 2.91. The van der Waals surface area contributed by atoms with Gasteiger partial charge >= 0.3 is 0 Å². The van der Waals surface area contributed by atoms with Gasteiger partial charge in [0.15, 0.2) is 0 Å². The summed E-state index contributed by atoms with van der Waals surface area (Å²) in [4.78, 5) is 9.80. The minimum Gasteiger partial charge on any atom is -0.151 e. The van der Waals surface area contributed by atoms with Gasteiger partial charge < -0.3 is 0 Å². The number of nitrogens with zero attached hydrogens (tertiary/aromatic N) is 1. The Hall–Kier alpha value is -0.400. The van der Waals surface area contributed by atoms with Crippen LogP contribution >= 0.6 is 0 Å². The number of rotatable bonds is 6. The maximum absolute atomic E-state index is 9.80. The largest absolute Gasteiger partial charge is 0.151 e. The molecule has 2 heteroatoms. The molecule has 0 bridgehead atoms. The molecule has 0 unspecified atom stereocenters. The van der Waals surface area contributed by atoms with Crippen LogP contribution in [0.1, 0.15) is 39.5 Å². The summed E-state index contributed by atoms with van der Waals surface area (Å²) in [6.45, 7) is 4.75. The van der Waals surface area contributed by atoms with Crippen molar-refractivity contribution in [1.29, 1.82) is 0 Å². The standard InChI is InChI=1S/C8H17NO/c1-3-4-5-6-8(2)7-9-10/h8H,3-7H2,1-2H3/t8-/m0/s1. The fourth-order valence-corrected chi connectivity index (χ4v) is 0.961. The second-order valence-corrected chi connectivity index (χ2v) is 2.91. The van der Waals surface area contributed by atoms with Crippen molar-refractivity contribution < 1.29 is 0 Å². The maximum Gasteiger partial charge on any atom is 0.0836 e. The van der Waals surface area contributed by atoms with E-state index in [0.717, 1.165) is 6.42 Å². The summed E-state index contributed by atoms with van der Waals surface area (Å²) in [5.74, 6) is 0.490. The summed E-state index contributed by atoms with van der Waals surface area (Å²) in [5.41, 5.74) is 0. The summed E-state index contributed by atoms with van der Waals surface area (Å²) in [6, 6.07) is 0. The lowest BCUT2D eigenvalue weighted by Crippen LogP contribution is -1.97. The first-order valence-electron chi connectivity index (χ1n) is 4.10. The van der Waals surface area contributed by atoms with Crippen LogP contribution in [-0.4, -0.2) is 6.54 Å². The van der Waals surface area contributed by atoms with E-state index in [4.69, 9.17) is 0 Å². The van der Waals surface area contributed by atoms with Crippen molar-refractivity contribution in [3.8, 4) is 0 Å². The molecule has 0 heterocycles. The summed E-state index contributed by atoms with van der Waals surface area (Å²) >= 11 is 0. The predicted octanol–water partition coefficient (Wildman–Crippen LogP) is 2.97.